The van der Waals surface area contributed by atoms with Crippen LogP contribution in [-0.4, -0.2) is 57.2 Å². The lowest BCUT2D eigenvalue weighted by atomic mass is 10.1. The van der Waals surface area contributed by atoms with Gasteiger partial charge in [-0.05, 0) is 25.2 Å². The van der Waals surface area contributed by atoms with Crippen LogP contribution < -0.4 is 21.4 Å². The third kappa shape index (κ3) is 3.90. The first-order valence-corrected chi connectivity index (χ1v) is 9.29. The SMILES string of the molecule is CCN(CC)CCN/C=c1/c(O)cc(=O)c2[nH]c3c(C(=O)O)ccc(=O)c3nc12. The van der Waals surface area contributed by atoms with Crippen LogP contribution in [-0.2, 0) is 0 Å². The number of aromatic nitrogens is 2. The minimum Gasteiger partial charge on any atom is -0.507 e. The molecule has 0 radical (unpaired) electrons. The van der Waals surface area contributed by atoms with Gasteiger partial charge in [0.25, 0.3) is 0 Å². The maximum Gasteiger partial charge on any atom is 0.337 e. The van der Waals surface area contributed by atoms with Crippen molar-refractivity contribution >= 4 is 34.2 Å². The van der Waals surface area contributed by atoms with Gasteiger partial charge in [-0.3, -0.25) is 9.59 Å². The zero-order valence-corrected chi connectivity index (χ0v) is 16.2. The van der Waals surface area contributed by atoms with Gasteiger partial charge in [0.1, 0.15) is 22.3 Å². The Morgan fingerprint density at radius 3 is 2.55 bits per heavy atom. The summed E-state index contributed by atoms with van der Waals surface area (Å²) in [6.07, 6.45) is 1.54. The lowest BCUT2D eigenvalue weighted by molar-refractivity contribution is 0.0699. The standard InChI is InChI=1S/C20H22N4O5/c1-3-24(4-2)8-7-21-10-12-14(26)9-15(27)19-17(12)23-18-13(25)6-5-11(20(28)29)16(18)22-19/h5-6,9-10,21-22,26H,3-4,7-8H2,1-2H3,(H,28,29)/b12-10-. The molecule has 0 fully saturated rings. The van der Waals surface area contributed by atoms with Gasteiger partial charge in [0, 0.05) is 25.4 Å². The number of H-pyrrole nitrogens is 1. The Morgan fingerprint density at radius 2 is 1.90 bits per heavy atom. The van der Waals surface area contributed by atoms with E-state index < -0.39 is 16.8 Å². The van der Waals surface area contributed by atoms with E-state index in [2.05, 4.69) is 34.0 Å². The highest BCUT2D eigenvalue weighted by molar-refractivity contribution is 6.02. The average molecular weight is 398 g/mol. The molecular weight excluding hydrogens is 376 g/mol. The van der Waals surface area contributed by atoms with Crippen LogP contribution in [0.5, 0.6) is 5.75 Å². The van der Waals surface area contributed by atoms with E-state index in [1.54, 1.807) is 6.20 Å². The van der Waals surface area contributed by atoms with Crippen molar-refractivity contribution in [3.8, 4) is 5.75 Å². The fraction of sp³-hybridized carbons (Fsp3) is 0.300. The average Bonchev–Trinajstić information content (AvgIpc) is 2.69. The molecule has 0 aliphatic carbocycles. The fourth-order valence-electron chi connectivity index (χ4n) is 3.19. The molecule has 0 saturated heterocycles. The number of likely N-dealkylation sites (N-methyl/N-ethyl adjacent to an activating group) is 1. The van der Waals surface area contributed by atoms with Crippen LogP contribution in [0.15, 0.2) is 27.8 Å². The van der Waals surface area contributed by atoms with Crippen molar-refractivity contribution in [3.05, 3.63) is 49.4 Å². The van der Waals surface area contributed by atoms with Gasteiger partial charge in [-0.2, -0.15) is 0 Å². The molecule has 0 bridgehead atoms. The molecule has 4 N–H and O–H groups in total. The molecule has 0 spiro atoms. The molecule has 3 rings (SSSR count). The van der Waals surface area contributed by atoms with E-state index in [1.807, 2.05) is 0 Å². The summed E-state index contributed by atoms with van der Waals surface area (Å²) in [7, 11) is 0. The van der Waals surface area contributed by atoms with Gasteiger partial charge in [-0.15, -0.1) is 0 Å². The third-order valence-corrected chi connectivity index (χ3v) is 4.84. The van der Waals surface area contributed by atoms with Crippen molar-refractivity contribution in [2.75, 3.05) is 26.2 Å². The largest absolute Gasteiger partial charge is 0.507 e. The molecule has 0 unspecified atom stereocenters. The molecule has 9 heteroatoms. The summed E-state index contributed by atoms with van der Waals surface area (Å²) >= 11 is 0. The normalized spacial score (nSPS) is 12.2. The summed E-state index contributed by atoms with van der Waals surface area (Å²) in [5, 5.41) is 23.0. The second kappa shape index (κ2) is 8.27. The predicted octanol–water partition coefficient (Wildman–Crippen LogP) is 0.229. The highest BCUT2D eigenvalue weighted by Gasteiger charge is 2.16. The molecule has 29 heavy (non-hydrogen) atoms. The number of carboxylic acids is 1. The molecule has 1 aromatic heterocycles. The number of carbonyl (C=O) groups is 1. The van der Waals surface area contributed by atoms with Gasteiger partial charge < -0.3 is 25.4 Å². The van der Waals surface area contributed by atoms with E-state index in [9.17, 15) is 24.6 Å². The number of aromatic hydroxyl groups is 1. The number of phenolic OH excluding ortho intramolecular Hbond substituents is 1. The van der Waals surface area contributed by atoms with E-state index in [0.717, 1.165) is 31.8 Å². The number of aromatic amines is 1. The van der Waals surface area contributed by atoms with Crippen molar-refractivity contribution in [3.63, 3.8) is 0 Å². The number of benzene rings is 2. The highest BCUT2D eigenvalue weighted by atomic mass is 16.4. The first-order valence-electron chi connectivity index (χ1n) is 9.29. The van der Waals surface area contributed by atoms with Crippen LogP contribution in [0.3, 0.4) is 0 Å². The topological polar surface area (TPSA) is 136 Å². The molecule has 1 heterocycles. The lowest BCUT2D eigenvalue weighted by Crippen LogP contribution is -2.31. The summed E-state index contributed by atoms with van der Waals surface area (Å²) in [5.74, 6) is -1.52. The predicted molar refractivity (Wildman–Crippen MR) is 110 cm³/mol. The first-order chi connectivity index (χ1) is 13.9. The Hall–Kier alpha value is -3.46. The smallest absolute Gasteiger partial charge is 0.337 e. The monoisotopic (exact) mass is 398 g/mol. The number of phenols is 1. The summed E-state index contributed by atoms with van der Waals surface area (Å²) in [5.41, 5.74) is -1.23. The Balaban J connectivity index is 2.19. The molecule has 0 amide bonds. The second-order valence-corrected chi connectivity index (χ2v) is 6.53. The summed E-state index contributed by atoms with van der Waals surface area (Å²) in [6.45, 7) is 7.36. The van der Waals surface area contributed by atoms with Gasteiger partial charge >= 0.3 is 5.97 Å². The molecule has 152 valence electrons. The first kappa shape index (κ1) is 20.3. The van der Waals surface area contributed by atoms with Crippen molar-refractivity contribution in [2.45, 2.75) is 13.8 Å². The van der Waals surface area contributed by atoms with Crippen LogP contribution in [0.4, 0.5) is 0 Å². The zero-order chi connectivity index (χ0) is 21.1. The Kier molecular flexibility index (Phi) is 5.79. The van der Waals surface area contributed by atoms with E-state index in [4.69, 9.17) is 0 Å². The Bertz CT molecular complexity index is 1250. The Morgan fingerprint density at radius 1 is 1.17 bits per heavy atom. The minimum absolute atomic E-state index is 0.0141. The number of fused-ring (bicyclic) bond motifs is 2. The van der Waals surface area contributed by atoms with Gasteiger partial charge in [-0.1, -0.05) is 13.8 Å². The van der Waals surface area contributed by atoms with E-state index in [1.165, 1.54) is 6.07 Å². The van der Waals surface area contributed by atoms with Crippen molar-refractivity contribution in [1.29, 1.82) is 0 Å². The highest BCUT2D eigenvalue weighted by Crippen LogP contribution is 2.15. The van der Waals surface area contributed by atoms with E-state index >= 15 is 0 Å². The van der Waals surface area contributed by atoms with Gasteiger partial charge in [0.15, 0.2) is 0 Å². The number of carboxylic acid groups (broad SMARTS) is 1. The van der Waals surface area contributed by atoms with Crippen molar-refractivity contribution in [2.24, 2.45) is 0 Å². The summed E-state index contributed by atoms with van der Waals surface area (Å²) in [6, 6.07) is 3.32. The minimum atomic E-state index is -1.25. The fourth-order valence-corrected chi connectivity index (χ4v) is 3.19. The van der Waals surface area contributed by atoms with Gasteiger partial charge in [0.2, 0.25) is 10.9 Å². The molecule has 2 aromatic carbocycles. The number of hydrogen-bond donors (Lipinski definition) is 4. The number of hydrogen-bond acceptors (Lipinski definition) is 7. The number of nitrogens with one attached hydrogen (secondary N) is 2. The van der Waals surface area contributed by atoms with Gasteiger partial charge in [0.05, 0.1) is 16.3 Å². The van der Waals surface area contributed by atoms with Crippen molar-refractivity contribution < 1.29 is 15.0 Å². The number of aromatic carboxylic acids is 1. The van der Waals surface area contributed by atoms with Crippen LogP contribution in [0, 0.1) is 0 Å². The van der Waals surface area contributed by atoms with Gasteiger partial charge in [-0.25, -0.2) is 9.78 Å². The molecule has 3 aromatic rings. The molecular formula is C20H22N4O5. The maximum atomic E-state index is 12.4. The molecule has 0 aliphatic rings. The number of nitrogens with zero attached hydrogens (tertiary/aromatic N) is 2. The van der Waals surface area contributed by atoms with Crippen molar-refractivity contribution in [1.82, 2.24) is 20.2 Å². The molecule has 9 nitrogen and oxygen atoms in total. The van der Waals surface area contributed by atoms with Crippen LogP contribution in [0.25, 0.3) is 28.3 Å². The van der Waals surface area contributed by atoms with E-state index in [0.29, 0.717) is 6.54 Å². The molecule has 0 aliphatic heterocycles. The molecule has 0 saturated carbocycles. The Labute approximate surface area is 165 Å². The van der Waals surface area contributed by atoms with E-state index in [-0.39, 0.29) is 38.6 Å². The zero-order valence-electron chi connectivity index (χ0n) is 16.2. The second-order valence-electron chi connectivity index (χ2n) is 6.53. The van der Waals surface area contributed by atoms with Crippen LogP contribution in [0.1, 0.15) is 24.2 Å². The quantitative estimate of drug-likeness (QED) is 0.328. The summed E-state index contributed by atoms with van der Waals surface area (Å²) in [4.78, 5) is 45.2. The number of rotatable bonds is 7. The van der Waals surface area contributed by atoms with Crippen LogP contribution in [0.2, 0.25) is 0 Å². The molecule has 0 atom stereocenters. The third-order valence-electron chi connectivity index (χ3n) is 4.84. The summed E-state index contributed by atoms with van der Waals surface area (Å²) < 4.78 is 0. The lowest BCUT2D eigenvalue weighted by Gasteiger charge is -2.17. The van der Waals surface area contributed by atoms with Crippen LogP contribution >= 0.6 is 0 Å². The maximum absolute atomic E-state index is 12.4.